The van der Waals surface area contributed by atoms with Crippen LogP contribution >= 0.6 is 0 Å². The maximum Gasteiger partial charge on any atom is 0.113 e. The molecule has 0 fully saturated rings. The summed E-state index contributed by atoms with van der Waals surface area (Å²) in [5.74, 6) is 0. The first-order valence-corrected chi connectivity index (χ1v) is 6.41. The molecule has 0 aliphatic rings. The first-order valence-electron chi connectivity index (χ1n) is 6.41. The highest BCUT2D eigenvalue weighted by atomic mass is 15.4. The Morgan fingerprint density at radius 2 is 2.00 bits per heavy atom. The number of nitrogens with one attached hydrogen (secondary N) is 1. The van der Waals surface area contributed by atoms with Gasteiger partial charge in [0.15, 0.2) is 0 Å². The van der Waals surface area contributed by atoms with Gasteiger partial charge in [0.2, 0.25) is 0 Å². The third-order valence-electron chi connectivity index (χ3n) is 3.44. The first kappa shape index (κ1) is 11.0. The highest BCUT2D eigenvalue weighted by Crippen LogP contribution is 2.22. The fourth-order valence-corrected chi connectivity index (χ4v) is 2.44. The quantitative estimate of drug-likeness (QED) is 0.599. The number of H-pyrrole nitrogens is 1. The summed E-state index contributed by atoms with van der Waals surface area (Å²) in [6.45, 7) is 3.78. The van der Waals surface area contributed by atoms with Crippen molar-refractivity contribution in [3.05, 3.63) is 60.8 Å². The molecule has 0 amide bonds. The highest BCUT2D eigenvalue weighted by Gasteiger charge is 2.07. The van der Waals surface area contributed by atoms with Crippen LogP contribution in [0, 0.1) is 0 Å². The van der Waals surface area contributed by atoms with Crippen molar-refractivity contribution in [1.29, 1.82) is 0 Å². The smallest absolute Gasteiger partial charge is 0.113 e. The van der Waals surface area contributed by atoms with E-state index in [9.17, 15) is 0 Å². The number of hydrogen-bond acceptors (Lipinski definition) is 2. The van der Waals surface area contributed by atoms with E-state index in [1.165, 1.54) is 0 Å². The van der Waals surface area contributed by atoms with Crippen LogP contribution in [-0.4, -0.2) is 20.0 Å². The monoisotopic (exact) mass is 260 g/mol. The van der Waals surface area contributed by atoms with E-state index in [1.54, 1.807) is 0 Å². The second-order valence-corrected chi connectivity index (χ2v) is 4.69. The summed E-state index contributed by atoms with van der Waals surface area (Å²) in [4.78, 5) is 3.32. The SMILES string of the molecule is C=Cc1cc2ccc(-n3nnc4ccccc43)cc2[nH]1. The van der Waals surface area contributed by atoms with Gasteiger partial charge in [-0.25, -0.2) is 4.68 Å². The molecule has 4 rings (SSSR count). The van der Waals surface area contributed by atoms with Crippen LogP contribution in [-0.2, 0) is 0 Å². The Morgan fingerprint density at radius 3 is 2.90 bits per heavy atom. The molecule has 0 atom stereocenters. The van der Waals surface area contributed by atoms with E-state index >= 15 is 0 Å². The van der Waals surface area contributed by atoms with Gasteiger partial charge in [0.05, 0.1) is 11.2 Å². The third kappa shape index (κ3) is 1.55. The normalized spacial score (nSPS) is 11.2. The van der Waals surface area contributed by atoms with Crippen LogP contribution in [0.25, 0.3) is 33.7 Å². The van der Waals surface area contributed by atoms with E-state index in [2.05, 4.69) is 40.1 Å². The fraction of sp³-hybridized carbons (Fsp3) is 0. The minimum atomic E-state index is 0.894. The van der Waals surface area contributed by atoms with Crippen LogP contribution in [0.4, 0.5) is 0 Å². The molecule has 4 nitrogen and oxygen atoms in total. The van der Waals surface area contributed by atoms with Crippen LogP contribution < -0.4 is 0 Å². The van der Waals surface area contributed by atoms with Crippen LogP contribution in [0.5, 0.6) is 0 Å². The molecule has 4 heteroatoms. The molecule has 0 aliphatic carbocycles. The minimum Gasteiger partial charge on any atom is -0.355 e. The molecule has 2 aromatic carbocycles. The largest absolute Gasteiger partial charge is 0.355 e. The number of fused-ring (bicyclic) bond motifs is 2. The van der Waals surface area contributed by atoms with Gasteiger partial charge < -0.3 is 4.98 Å². The van der Waals surface area contributed by atoms with Gasteiger partial charge in [-0.1, -0.05) is 30.0 Å². The molecular weight excluding hydrogens is 248 g/mol. The van der Waals surface area contributed by atoms with E-state index < -0.39 is 0 Å². The molecule has 2 aromatic heterocycles. The zero-order valence-electron chi connectivity index (χ0n) is 10.7. The second-order valence-electron chi connectivity index (χ2n) is 4.69. The Labute approximate surface area is 115 Å². The molecule has 0 spiro atoms. The molecule has 0 aliphatic heterocycles. The van der Waals surface area contributed by atoms with Gasteiger partial charge in [-0.2, -0.15) is 0 Å². The molecule has 1 N–H and O–H groups in total. The second kappa shape index (κ2) is 4.06. The van der Waals surface area contributed by atoms with Crippen molar-refractivity contribution in [2.45, 2.75) is 0 Å². The van der Waals surface area contributed by atoms with Gasteiger partial charge in [0, 0.05) is 16.6 Å². The minimum absolute atomic E-state index is 0.894. The summed E-state index contributed by atoms with van der Waals surface area (Å²) >= 11 is 0. The van der Waals surface area contributed by atoms with Gasteiger partial charge in [-0.05, 0) is 36.4 Å². The lowest BCUT2D eigenvalue weighted by molar-refractivity contribution is 0.825. The predicted molar refractivity (Wildman–Crippen MR) is 80.8 cm³/mol. The number of aromatic nitrogens is 4. The van der Waals surface area contributed by atoms with E-state index in [0.29, 0.717) is 0 Å². The molecule has 0 saturated carbocycles. The summed E-state index contributed by atoms with van der Waals surface area (Å²) in [6.07, 6.45) is 1.81. The Morgan fingerprint density at radius 1 is 1.10 bits per heavy atom. The zero-order valence-corrected chi connectivity index (χ0v) is 10.7. The van der Waals surface area contributed by atoms with Crippen molar-refractivity contribution in [3.63, 3.8) is 0 Å². The predicted octanol–water partition coefficient (Wildman–Crippen LogP) is 3.54. The lowest BCUT2D eigenvalue weighted by Gasteiger charge is -2.02. The van der Waals surface area contributed by atoms with Crippen molar-refractivity contribution in [3.8, 4) is 5.69 Å². The molecular formula is C16H12N4. The average molecular weight is 260 g/mol. The maximum absolute atomic E-state index is 4.23. The number of nitrogens with zero attached hydrogens (tertiary/aromatic N) is 3. The summed E-state index contributed by atoms with van der Waals surface area (Å²) in [5, 5.41) is 9.58. The van der Waals surface area contributed by atoms with Gasteiger partial charge >= 0.3 is 0 Å². The lowest BCUT2D eigenvalue weighted by atomic mass is 10.2. The van der Waals surface area contributed by atoms with Crippen molar-refractivity contribution in [2.75, 3.05) is 0 Å². The van der Waals surface area contributed by atoms with Gasteiger partial charge in [0.25, 0.3) is 0 Å². The Hall–Kier alpha value is -2.88. The Balaban J connectivity index is 1.95. The number of rotatable bonds is 2. The van der Waals surface area contributed by atoms with Crippen molar-refractivity contribution < 1.29 is 0 Å². The average Bonchev–Trinajstić information content (AvgIpc) is 3.09. The van der Waals surface area contributed by atoms with Crippen molar-refractivity contribution in [1.82, 2.24) is 20.0 Å². The molecule has 0 saturated heterocycles. The molecule has 96 valence electrons. The van der Waals surface area contributed by atoms with Gasteiger partial charge in [0.1, 0.15) is 5.52 Å². The van der Waals surface area contributed by atoms with Crippen LogP contribution in [0.1, 0.15) is 5.69 Å². The van der Waals surface area contributed by atoms with E-state index in [1.807, 2.05) is 41.1 Å². The standard InChI is InChI=1S/C16H12N4/c1-2-12-9-11-7-8-13(10-15(11)17-12)20-16-6-4-3-5-14(16)18-19-20/h2-10,17H,1H2. The number of benzene rings is 2. The lowest BCUT2D eigenvalue weighted by Crippen LogP contribution is -1.96. The summed E-state index contributed by atoms with van der Waals surface area (Å²) in [7, 11) is 0. The summed E-state index contributed by atoms with van der Waals surface area (Å²) in [5.41, 5.74) is 4.97. The van der Waals surface area contributed by atoms with Crippen LogP contribution in [0.2, 0.25) is 0 Å². The number of hydrogen-bond donors (Lipinski definition) is 1. The molecule has 0 unspecified atom stereocenters. The van der Waals surface area contributed by atoms with Crippen LogP contribution in [0.15, 0.2) is 55.1 Å². The zero-order chi connectivity index (χ0) is 13.5. The molecule has 2 heterocycles. The topological polar surface area (TPSA) is 46.5 Å². The number of para-hydroxylation sites is 1. The molecule has 4 aromatic rings. The van der Waals surface area contributed by atoms with Gasteiger partial charge in [-0.15, -0.1) is 5.10 Å². The summed E-state index contributed by atoms with van der Waals surface area (Å²) < 4.78 is 1.85. The highest BCUT2D eigenvalue weighted by molar-refractivity contribution is 5.85. The Kier molecular flexibility index (Phi) is 2.23. The van der Waals surface area contributed by atoms with Crippen molar-refractivity contribution in [2.24, 2.45) is 0 Å². The molecule has 20 heavy (non-hydrogen) atoms. The van der Waals surface area contributed by atoms with Crippen LogP contribution in [0.3, 0.4) is 0 Å². The maximum atomic E-state index is 4.23. The first-order chi connectivity index (χ1) is 9.85. The summed E-state index contributed by atoms with van der Waals surface area (Å²) in [6, 6.07) is 16.2. The van der Waals surface area contributed by atoms with E-state index in [0.717, 1.165) is 33.3 Å². The van der Waals surface area contributed by atoms with Gasteiger partial charge in [-0.3, -0.25) is 0 Å². The Bertz CT molecular complexity index is 930. The number of aromatic amines is 1. The third-order valence-corrected chi connectivity index (χ3v) is 3.44. The van der Waals surface area contributed by atoms with E-state index in [4.69, 9.17) is 0 Å². The molecule has 0 bridgehead atoms. The van der Waals surface area contributed by atoms with E-state index in [-0.39, 0.29) is 0 Å². The van der Waals surface area contributed by atoms with Crippen molar-refractivity contribution >= 4 is 28.0 Å². The fourth-order valence-electron chi connectivity index (χ4n) is 2.44. The molecule has 0 radical (unpaired) electrons.